The molecule has 2 rings (SSSR count). The highest BCUT2D eigenvalue weighted by Crippen LogP contribution is 2.17. The number of carbonyl (C=O) groups excluding carboxylic acids is 1. The van der Waals surface area contributed by atoms with Crippen LogP contribution < -0.4 is 10.5 Å². The Kier molecular flexibility index (Phi) is 4.13. The van der Waals surface area contributed by atoms with Gasteiger partial charge in [-0.1, -0.05) is 12.1 Å². The van der Waals surface area contributed by atoms with Crippen molar-refractivity contribution in [1.29, 1.82) is 0 Å². The molecule has 0 spiro atoms. The van der Waals surface area contributed by atoms with Crippen LogP contribution in [0.4, 0.5) is 5.69 Å². The first-order valence-electron chi connectivity index (χ1n) is 6.15. The first-order valence-corrected chi connectivity index (χ1v) is 6.15. The fourth-order valence-corrected chi connectivity index (χ4v) is 1.79. The number of hydrogen-bond acceptors (Lipinski definition) is 4. The molecule has 0 bridgehead atoms. The Morgan fingerprint density at radius 2 is 2.21 bits per heavy atom. The van der Waals surface area contributed by atoms with Gasteiger partial charge in [-0.3, -0.25) is 9.78 Å². The van der Waals surface area contributed by atoms with Gasteiger partial charge in [0.15, 0.2) is 5.78 Å². The molecule has 1 aromatic heterocycles. The molecule has 98 valence electrons. The molecule has 0 fully saturated rings. The van der Waals surface area contributed by atoms with Gasteiger partial charge < -0.3 is 10.5 Å². The molecule has 0 saturated carbocycles. The Morgan fingerprint density at radius 3 is 2.95 bits per heavy atom. The molecule has 0 unspecified atom stereocenters. The second kappa shape index (κ2) is 6.00. The number of pyridine rings is 1. The van der Waals surface area contributed by atoms with Crippen molar-refractivity contribution < 1.29 is 9.53 Å². The summed E-state index contributed by atoms with van der Waals surface area (Å²) < 4.78 is 5.38. The topological polar surface area (TPSA) is 65.2 Å². The fourth-order valence-electron chi connectivity index (χ4n) is 1.79. The molecule has 0 aliphatic rings. The van der Waals surface area contributed by atoms with Gasteiger partial charge in [-0.25, -0.2) is 0 Å². The van der Waals surface area contributed by atoms with Crippen LogP contribution in [0.2, 0.25) is 0 Å². The minimum absolute atomic E-state index is 0.00116. The van der Waals surface area contributed by atoms with Gasteiger partial charge in [0.2, 0.25) is 0 Å². The van der Waals surface area contributed by atoms with Gasteiger partial charge >= 0.3 is 0 Å². The van der Waals surface area contributed by atoms with E-state index in [1.165, 1.54) is 0 Å². The first-order chi connectivity index (χ1) is 9.20. The van der Waals surface area contributed by atoms with Crippen molar-refractivity contribution in [1.82, 2.24) is 4.98 Å². The van der Waals surface area contributed by atoms with Crippen LogP contribution in [0, 0.1) is 0 Å². The van der Waals surface area contributed by atoms with Gasteiger partial charge in [0, 0.05) is 35.6 Å². The second-order valence-corrected chi connectivity index (χ2v) is 4.14. The highest BCUT2D eigenvalue weighted by molar-refractivity contribution is 5.98. The van der Waals surface area contributed by atoms with Crippen molar-refractivity contribution in [2.75, 3.05) is 12.3 Å². The average Bonchev–Trinajstić information content (AvgIpc) is 2.42. The van der Waals surface area contributed by atoms with Gasteiger partial charge in [0.05, 0.1) is 6.61 Å². The monoisotopic (exact) mass is 256 g/mol. The Bertz CT molecular complexity index is 582. The lowest BCUT2D eigenvalue weighted by Crippen LogP contribution is -2.06. The number of hydrogen-bond donors (Lipinski definition) is 1. The van der Waals surface area contributed by atoms with Crippen LogP contribution in [0.1, 0.15) is 22.8 Å². The lowest BCUT2D eigenvalue weighted by Gasteiger charge is -2.06. The minimum atomic E-state index is 0.00116. The maximum absolute atomic E-state index is 12.2. The molecular weight excluding hydrogens is 240 g/mol. The molecule has 2 N–H and O–H groups in total. The van der Waals surface area contributed by atoms with Crippen molar-refractivity contribution in [3.63, 3.8) is 0 Å². The number of nitrogens with zero attached hydrogens (tertiary/aromatic N) is 1. The van der Waals surface area contributed by atoms with E-state index >= 15 is 0 Å². The normalized spacial score (nSPS) is 10.2. The van der Waals surface area contributed by atoms with E-state index < -0.39 is 0 Å². The molecule has 0 radical (unpaired) electrons. The van der Waals surface area contributed by atoms with E-state index in [1.54, 1.807) is 30.6 Å². The molecule has 0 amide bonds. The molecule has 0 saturated heterocycles. The summed E-state index contributed by atoms with van der Waals surface area (Å²) in [6, 6.07) is 8.86. The molecule has 1 heterocycles. The summed E-state index contributed by atoms with van der Waals surface area (Å²) in [5.74, 6) is 0.703. The zero-order valence-electron chi connectivity index (χ0n) is 10.8. The molecule has 4 nitrogen and oxygen atoms in total. The molecule has 19 heavy (non-hydrogen) atoms. The summed E-state index contributed by atoms with van der Waals surface area (Å²) in [6.07, 6.45) is 3.48. The number of ketones is 1. The smallest absolute Gasteiger partial charge is 0.167 e. The summed E-state index contributed by atoms with van der Waals surface area (Å²) in [7, 11) is 0. The zero-order chi connectivity index (χ0) is 13.7. The van der Waals surface area contributed by atoms with Gasteiger partial charge in [0.25, 0.3) is 0 Å². The number of Topliss-reactive ketones (excluding diaryl/α,β-unsaturated/α-hetero) is 1. The molecule has 1 aromatic carbocycles. The van der Waals surface area contributed by atoms with Crippen molar-refractivity contribution in [2.45, 2.75) is 13.3 Å². The second-order valence-electron chi connectivity index (χ2n) is 4.14. The molecular formula is C15H16N2O2. The number of aromatic nitrogens is 1. The lowest BCUT2D eigenvalue weighted by molar-refractivity contribution is 0.0992. The summed E-state index contributed by atoms with van der Waals surface area (Å²) in [5.41, 5.74) is 7.76. The van der Waals surface area contributed by atoms with Crippen LogP contribution in [0.15, 0.2) is 42.7 Å². The Balaban J connectivity index is 2.16. The standard InChI is InChI=1S/C15H16N2O2/c1-2-19-13-5-3-4-11(8-13)15(18)9-12-10-17-7-6-14(12)16/h3-8,10H,2,9H2,1H3,(H2,16,17). The van der Waals surface area contributed by atoms with Crippen molar-refractivity contribution in [3.8, 4) is 5.75 Å². The number of nitrogen functional groups attached to an aromatic ring is 1. The van der Waals surface area contributed by atoms with Gasteiger partial charge in [0.1, 0.15) is 5.75 Å². The minimum Gasteiger partial charge on any atom is -0.494 e. The summed E-state index contributed by atoms with van der Waals surface area (Å²) >= 11 is 0. The number of carbonyl (C=O) groups is 1. The lowest BCUT2D eigenvalue weighted by atomic mass is 10.0. The molecule has 0 aliphatic carbocycles. The predicted molar refractivity (Wildman–Crippen MR) is 74.3 cm³/mol. The number of benzene rings is 1. The fraction of sp³-hybridized carbons (Fsp3) is 0.200. The van der Waals surface area contributed by atoms with E-state index in [4.69, 9.17) is 10.5 Å². The van der Waals surface area contributed by atoms with Crippen LogP contribution in [-0.4, -0.2) is 17.4 Å². The van der Waals surface area contributed by atoms with Crippen LogP contribution >= 0.6 is 0 Å². The Morgan fingerprint density at radius 1 is 1.37 bits per heavy atom. The molecule has 0 aliphatic heterocycles. The number of rotatable bonds is 5. The molecule has 0 atom stereocenters. The van der Waals surface area contributed by atoms with Crippen LogP contribution in [-0.2, 0) is 6.42 Å². The first kappa shape index (κ1) is 13.1. The maximum Gasteiger partial charge on any atom is 0.167 e. The Labute approximate surface area is 112 Å². The van der Waals surface area contributed by atoms with E-state index in [1.807, 2.05) is 19.1 Å². The van der Waals surface area contributed by atoms with E-state index in [0.717, 1.165) is 5.56 Å². The SMILES string of the molecule is CCOc1cccc(C(=O)Cc2cnccc2N)c1. The van der Waals surface area contributed by atoms with Crippen LogP contribution in [0.3, 0.4) is 0 Å². The third-order valence-corrected chi connectivity index (χ3v) is 2.76. The third kappa shape index (κ3) is 3.31. The van der Waals surface area contributed by atoms with Gasteiger partial charge in [-0.2, -0.15) is 0 Å². The van der Waals surface area contributed by atoms with Crippen LogP contribution in [0.5, 0.6) is 5.75 Å². The predicted octanol–water partition coefficient (Wildman–Crippen LogP) is 2.49. The van der Waals surface area contributed by atoms with E-state index in [9.17, 15) is 4.79 Å². The van der Waals surface area contributed by atoms with E-state index in [0.29, 0.717) is 23.6 Å². The van der Waals surface area contributed by atoms with E-state index in [2.05, 4.69) is 4.98 Å². The largest absolute Gasteiger partial charge is 0.494 e. The Hall–Kier alpha value is -2.36. The maximum atomic E-state index is 12.2. The zero-order valence-corrected chi connectivity index (χ0v) is 10.8. The quantitative estimate of drug-likeness (QED) is 0.835. The molecule has 2 aromatic rings. The van der Waals surface area contributed by atoms with Gasteiger partial charge in [-0.15, -0.1) is 0 Å². The van der Waals surface area contributed by atoms with Gasteiger partial charge in [-0.05, 0) is 25.1 Å². The number of ether oxygens (including phenoxy) is 1. The summed E-state index contributed by atoms with van der Waals surface area (Å²) in [6.45, 7) is 2.48. The van der Waals surface area contributed by atoms with Crippen molar-refractivity contribution in [3.05, 3.63) is 53.9 Å². The van der Waals surface area contributed by atoms with Crippen molar-refractivity contribution in [2.24, 2.45) is 0 Å². The number of anilines is 1. The van der Waals surface area contributed by atoms with Crippen LogP contribution in [0.25, 0.3) is 0 Å². The highest BCUT2D eigenvalue weighted by atomic mass is 16.5. The number of nitrogens with two attached hydrogens (primary N) is 1. The third-order valence-electron chi connectivity index (χ3n) is 2.76. The summed E-state index contributed by atoms with van der Waals surface area (Å²) in [4.78, 5) is 16.2. The van der Waals surface area contributed by atoms with Crippen molar-refractivity contribution >= 4 is 11.5 Å². The highest BCUT2D eigenvalue weighted by Gasteiger charge is 2.10. The average molecular weight is 256 g/mol. The summed E-state index contributed by atoms with van der Waals surface area (Å²) in [5, 5.41) is 0. The molecule has 4 heteroatoms. The van der Waals surface area contributed by atoms with E-state index in [-0.39, 0.29) is 12.2 Å².